The normalized spacial score (nSPS) is 14.9. The number of benzene rings is 1. The Kier molecular flexibility index (Phi) is 6.14. The van der Waals surface area contributed by atoms with Crippen molar-refractivity contribution in [2.75, 3.05) is 32.8 Å². The number of hydrogen-bond acceptors (Lipinski definition) is 3. The SMILES string of the molecule is CCN(CCNCCOc1cccc(Br)c1)C1CC1. The Labute approximate surface area is 124 Å². The third kappa shape index (κ3) is 5.51. The Morgan fingerprint density at radius 1 is 1.37 bits per heavy atom. The fourth-order valence-electron chi connectivity index (χ4n) is 2.18. The van der Waals surface area contributed by atoms with Gasteiger partial charge in [0, 0.05) is 30.1 Å². The first-order chi connectivity index (χ1) is 9.29. The highest BCUT2D eigenvalue weighted by Gasteiger charge is 2.26. The van der Waals surface area contributed by atoms with E-state index < -0.39 is 0 Å². The zero-order valence-electron chi connectivity index (χ0n) is 11.6. The molecule has 1 aliphatic carbocycles. The van der Waals surface area contributed by atoms with Crippen LogP contribution in [0.2, 0.25) is 0 Å². The molecule has 3 nitrogen and oxygen atoms in total. The zero-order valence-corrected chi connectivity index (χ0v) is 13.2. The molecule has 4 heteroatoms. The van der Waals surface area contributed by atoms with Gasteiger partial charge in [-0.3, -0.25) is 4.90 Å². The van der Waals surface area contributed by atoms with Crippen molar-refractivity contribution in [2.45, 2.75) is 25.8 Å². The van der Waals surface area contributed by atoms with Crippen molar-refractivity contribution in [3.05, 3.63) is 28.7 Å². The molecule has 0 unspecified atom stereocenters. The summed E-state index contributed by atoms with van der Waals surface area (Å²) < 4.78 is 6.73. The molecule has 106 valence electrons. The Balaban J connectivity index is 1.52. The molecular weight excluding hydrogens is 304 g/mol. The number of halogens is 1. The molecule has 1 N–H and O–H groups in total. The molecule has 0 aromatic heterocycles. The van der Waals surface area contributed by atoms with Gasteiger partial charge in [0.15, 0.2) is 0 Å². The van der Waals surface area contributed by atoms with Crippen LogP contribution in [0.25, 0.3) is 0 Å². The van der Waals surface area contributed by atoms with Crippen molar-refractivity contribution in [1.82, 2.24) is 10.2 Å². The summed E-state index contributed by atoms with van der Waals surface area (Å²) in [5, 5.41) is 3.44. The van der Waals surface area contributed by atoms with Crippen LogP contribution in [-0.2, 0) is 0 Å². The van der Waals surface area contributed by atoms with Crippen LogP contribution in [0, 0.1) is 0 Å². The van der Waals surface area contributed by atoms with Crippen molar-refractivity contribution < 1.29 is 4.74 Å². The molecule has 0 bridgehead atoms. The van der Waals surface area contributed by atoms with Crippen LogP contribution in [-0.4, -0.2) is 43.7 Å². The van der Waals surface area contributed by atoms with Gasteiger partial charge in [-0.15, -0.1) is 0 Å². The standard InChI is InChI=1S/C15H23BrN2O/c1-2-18(14-6-7-14)10-8-17-9-11-19-15-5-3-4-13(16)12-15/h3-5,12,14,17H,2,6-11H2,1H3. The van der Waals surface area contributed by atoms with Crippen molar-refractivity contribution in [1.29, 1.82) is 0 Å². The molecule has 1 fully saturated rings. The molecule has 19 heavy (non-hydrogen) atoms. The topological polar surface area (TPSA) is 24.5 Å². The number of likely N-dealkylation sites (N-methyl/N-ethyl adjacent to an activating group) is 1. The number of nitrogens with zero attached hydrogens (tertiary/aromatic N) is 1. The second-order valence-corrected chi connectivity index (χ2v) is 5.83. The average molecular weight is 327 g/mol. The van der Waals surface area contributed by atoms with Crippen LogP contribution in [0.5, 0.6) is 5.75 Å². The third-order valence-electron chi connectivity index (χ3n) is 3.39. The van der Waals surface area contributed by atoms with Crippen LogP contribution in [0.3, 0.4) is 0 Å². The predicted molar refractivity (Wildman–Crippen MR) is 82.8 cm³/mol. The predicted octanol–water partition coefficient (Wildman–Crippen LogP) is 2.90. The molecule has 0 radical (unpaired) electrons. The summed E-state index contributed by atoms with van der Waals surface area (Å²) in [7, 11) is 0. The van der Waals surface area contributed by atoms with E-state index in [1.807, 2.05) is 24.3 Å². The summed E-state index contributed by atoms with van der Waals surface area (Å²) >= 11 is 3.44. The van der Waals surface area contributed by atoms with Crippen molar-refractivity contribution in [2.24, 2.45) is 0 Å². The number of hydrogen-bond donors (Lipinski definition) is 1. The smallest absolute Gasteiger partial charge is 0.120 e. The molecule has 1 aliphatic rings. The molecule has 2 rings (SSSR count). The van der Waals surface area contributed by atoms with Gasteiger partial charge in [0.2, 0.25) is 0 Å². The van der Waals surface area contributed by atoms with Gasteiger partial charge in [-0.05, 0) is 37.6 Å². The van der Waals surface area contributed by atoms with Gasteiger partial charge < -0.3 is 10.1 Å². The van der Waals surface area contributed by atoms with Crippen LogP contribution >= 0.6 is 15.9 Å². The van der Waals surface area contributed by atoms with Crippen molar-refractivity contribution in [3.8, 4) is 5.75 Å². The quantitative estimate of drug-likeness (QED) is 0.706. The minimum absolute atomic E-state index is 0.714. The molecular formula is C15H23BrN2O. The lowest BCUT2D eigenvalue weighted by molar-refractivity contribution is 0.268. The first-order valence-corrected chi connectivity index (χ1v) is 7.92. The molecule has 0 heterocycles. The van der Waals surface area contributed by atoms with Crippen LogP contribution in [0.4, 0.5) is 0 Å². The molecule has 0 saturated heterocycles. The van der Waals surface area contributed by atoms with Crippen molar-refractivity contribution >= 4 is 15.9 Å². The molecule has 1 aromatic rings. The number of rotatable bonds is 9. The van der Waals surface area contributed by atoms with Gasteiger partial charge in [0.25, 0.3) is 0 Å². The second-order valence-electron chi connectivity index (χ2n) is 4.92. The van der Waals surface area contributed by atoms with Gasteiger partial charge in [-0.25, -0.2) is 0 Å². The highest BCUT2D eigenvalue weighted by Crippen LogP contribution is 2.25. The Morgan fingerprint density at radius 2 is 2.21 bits per heavy atom. The van der Waals surface area contributed by atoms with Gasteiger partial charge in [-0.1, -0.05) is 28.9 Å². The monoisotopic (exact) mass is 326 g/mol. The van der Waals surface area contributed by atoms with Gasteiger partial charge in [0.1, 0.15) is 12.4 Å². The number of ether oxygens (including phenoxy) is 1. The van der Waals surface area contributed by atoms with Gasteiger partial charge >= 0.3 is 0 Å². The van der Waals surface area contributed by atoms with E-state index in [1.54, 1.807) is 0 Å². The second kappa shape index (κ2) is 7.88. The summed E-state index contributed by atoms with van der Waals surface area (Å²) in [6.07, 6.45) is 2.78. The lowest BCUT2D eigenvalue weighted by Gasteiger charge is -2.19. The summed E-state index contributed by atoms with van der Waals surface area (Å²) in [6, 6.07) is 8.83. The van der Waals surface area contributed by atoms with E-state index in [1.165, 1.54) is 19.4 Å². The lowest BCUT2D eigenvalue weighted by Crippen LogP contribution is -2.34. The van der Waals surface area contributed by atoms with E-state index in [2.05, 4.69) is 33.1 Å². The fraction of sp³-hybridized carbons (Fsp3) is 0.600. The fourth-order valence-corrected chi connectivity index (χ4v) is 2.56. The largest absolute Gasteiger partial charge is 0.492 e. The molecule has 0 spiro atoms. The molecule has 0 aliphatic heterocycles. The van der Waals surface area contributed by atoms with E-state index >= 15 is 0 Å². The van der Waals surface area contributed by atoms with E-state index in [0.29, 0.717) is 6.61 Å². The summed E-state index contributed by atoms with van der Waals surface area (Å²) in [5.74, 6) is 0.921. The minimum atomic E-state index is 0.714. The first kappa shape index (κ1) is 14.8. The van der Waals surface area contributed by atoms with Gasteiger partial charge in [0.05, 0.1) is 0 Å². The summed E-state index contributed by atoms with van der Waals surface area (Å²) in [5.41, 5.74) is 0. The van der Waals surface area contributed by atoms with Crippen LogP contribution < -0.4 is 10.1 Å². The summed E-state index contributed by atoms with van der Waals surface area (Å²) in [6.45, 7) is 7.22. The Hall–Kier alpha value is -0.580. The molecule has 1 aromatic carbocycles. The maximum Gasteiger partial charge on any atom is 0.120 e. The molecule has 0 atom stereocenters. The maximum atomic E-state index is 5.67. The van der Waals surface area contributed by atoms with Crippen LogP contribution in [0.15, 0.2) is 28.7 Å². The third-order valence-corrected chi connectivity index (χ3v) is 3.88. The van der Waals surface area contributed by atoms with E-state index in [-0.39, 0.29) is 0 Å². The van der Waals surface area contributed by atoms with E-state index in [0.717, 1.165) is 35.9 Å². The Morgan fingerprint density at radius 3 is 2.89 bits per heavy atom. The first-order valence-electron chi connectivity index (χ1n) is 7.12. The molecule has 1 saturated carbocycles. The minimum Gasteiger partial charge on any atom is -0.492 e. The highest BCUT2D eigenvalue weighted by atomic mass is 79.9. The highest BCUT2D eigenvalue weighted by molar-refractivity contribution is 9.10. The van der Waals surface area contributed by atoms with Gasteiger partial charge in [-0.2, -0.15) is 0 Å². The average Bonchev–Trinajstić information content (AvgIpc) is 3.22. The number of nitrogens with one attached hydrogen (secondary N) is 1. The zero-order chi connectivity index (χ0) is 13.5. The lowest BCUT2D eigenvalue weighted by atomic mass is 10.3. The van der Waals surface area contributed by atoms with Crippen molar-refractivity contribution in [3.63, 3.8) is 0 Å². The maximum absolute atomic E-state index is 5.67. The molecule has 0 amide bonds. The summed E-state index contributed by atoms with van der Waals surface area (Å²) in [4.78, 5) is 2.56. The van der Waals surface area contributed by atoms with E-state index in [4.69, 9.17) is 4.74 Å². The van der Waals surface area contributed by atoms with E-state index in [9.17, 15) is 0 Å². The van der Waals surface area contributed by atoms with Crippen LogP contribution in [0.1, 0.15) is 19.8 Å². The Bertz CT molecular complexity index is 382.